The van der Waals surface area contributed by atoms with Crippen LogP contribution in [0.25, 0.3) is 0 Å². The topological polar surface area (TPSA) is 91.0 Å². The molecule has 3 N–H and O–H groups in total. The molecule has 0 spiro atoms. The highest BCUT2D eigenvalue weighted by molar-refractivity contribution is 6.40. The molecule has 3 atom stereocenters. The molecule has 1 aromatic rings. The van der Waals surface area contributed by atoms with Crippen molar-refractivity contribution in [2.24, 2.45) is 22.7 Å². The van der Waals surface area contributed by atoms with Gasteiger partial charge in [-0.15, -0.1) is 0 Å². The van der Waals surface area contributed by atoms with Crippen LogP contribution in [0.4, 0.5) is 10.1 Å². The number of amides is 2. The molecule has 0 aliphatic carbocycles. The number of benzene rings is 1. The van der Waals surface area contributed by atoms with Crippen molar-refractivity contribution in [3.8, 4) is 0 Å². The number of primary amides is 1. The molecule has 8 heteroatoms. The lowest BCUT2D eigenvalue weighted by Crippen LogP contribution is -2.44. The molecule has 152 valence electrons. The predicted molar refractivity (Wildman–Crippen MR) is 106 cm³/mol. The molecule has 0 aromatic heterocycles. The van der Waals surface area contributed by atoms with E-state index in [4.69, 9.17) is 5.73 Å². The van der Waals surface area contributed by atoms with E-state index < -0.39 is 11.9 Å². The number of piperidine rings is 1. The van der Waals surface area contributed by atoms with Crippen molar-refractivity contribution >= 4 is 23.2 Å². The fourth-order valence-corrected chi connectivity index (χ4v) is 4.11. The van der Waals surface area contributed by atoms with E-state index >= 15 is 0 Å². The van der Waals surface area contributed by atoms with E-state index in [1.807, 2.05) is 0 Å². The second-order valence-electron chi connectivity index (χ2n) is 7.95. The van der Waals surface area contributed by atoms with Crippen LogP contribution in [-0.4, -0.2) is 54.6 Å². The number of nitrogens with one attached hydrogen (secondary N) is 1. The van der Waals surface area contributed by atoms with E-state index in [0.29, 0.717) is 24.1 Å². The number of anilines is 1. The Morgan fingerprint density at radius 2 is 1.86 bits per heavy atom. The summed E-state index contributed by atoms with van der Waals surface area (Å²) in [7, 11) is 0. The zero-order chi connectivity index (χ0) is 20.3. The summed E-state index contributed by atoms with van der Waals surface area (Å²) in [4.78, 5) is 26.7. The maximum atomic E-state index is 13.2. The number of hydrogen-bond acceptors (Lipinski definition) is 5. The van der Waals surface area contributed by atoms with Crippen LogP contribution in [-0.2, 0) is 9.59 Å². The molecule has 7 nitrogen and oxygen atoms in total. The number of nitrogens with two attached hydrogens (primary N) is 1. The van der Waals surface area contributed by atoms with Crippen LogP contribution in [0.1, 0.15) is 26.7 Å². The van der Waals surface area contributed by atoms with Gasteiger partial charge in [-0.1, -0.05) is 13.8 Å². The van der Waals surface area contributed by atoms with Crippen LogP contribution >= 0.6 is 0 Å². The van der Waals surface area contributed by atoms with Crippen LogP contribution in [0.3, 0.4) is 0 Å². The van der Waals surface area contributed by atoms with Crippen molar-refractivity contribution in [3.63, 3.8) is 0 Å². The van der Waals surface area contributed by atoms with E-state index in [1.165, 1.54) is 35.7 Å². The summed E-state index contributed by atoms with van der Waals surface area (Å²) in [6.07, 6.45) is 1.38. The van der Waals surface area contributed by atoms with Crippen molar-refractivity contribution in [2.75, 3.05) is 31.2 Å². The molecular weight excluding hydrogens is 361 g/mol. The molecule has 28 heavy (non-hydrogen) atoms. The Labute approximate surface area is 164 Å². The van der Waals surface area contributed by atoms with Crippen LogP contribution in [0.5, 0.6) is 0 Å². The minimum absolute atomic E-state index is 0.135. The van der Waals surface area contributed by atoms with Gasteiger partial charge in [0.2, 0.25) is 5.91 Å². The first-order valence-electron chi connectivity index (χ1n) is 9.75. The molecular formula is C20H28FN5O2. The lowest BCUT2D eigenvalue weighted by atomic mass is 9.92. The maximum Gasteiger partial charge on any atom is 0.267 e. The van der Waals surface area contributed by atoms with Gasteiger partial charge in [0.15, 0.2) is 0 Å². The van der Waals surface area contributed by atoms with Crippen LogP contribution in [0, 0.1) is 17.7 Å². The molecule has 2 aliphatic rings. The first-order chi connectivity index (χ1) is 13.3. The minimum atomic E-state index is -0.755. The summed E-state index contributed by atoms with van der Waals surface area (Å²) in [6, 6.07) is 4.82. The quantitative estimate of drug-likeness (QED) is 0.768. The van der Waals surface area contributed by atoms with Crippen LogP contribution < -0.4 is 16.1 Å². The van der Waals surface area contributed by atoms with Gasteiger partial charge < -0.3 is 16.0 Å². The maximum absolute atomic E-state index is 13.2. The number of halogens is 1. The summed E-state index contributed by atoms with van der Waals surface area (Å²) < 4.78 is 13.2. The average Bonchev–Trinajstić information content (AvgIpc) is 3.07. The van der Waals surface area contributed by atoms with Crippen LogP contribution in [0.15, 0.2) is 29.4 Å². The second kappa shape index (κ2) is 8.68. The fourth-order valence-electron chi connectivity index (χ4n) is 4.11. The number of carbonyl (C=O) groups is 2. The molecule has 2 amide bonds. The monoisotopic (exact) mass is 389 g/mol. The molecule has 1 aromatic carbocycles. The molecule has 0 bridgehead atoms. The number of hydrogen-bond donors (Lipinski definition) is 2. The summed E-state index contributed by atoms with van der Waals surface area (Å²) in [5.41, 5.74) is 6.25. The fraction of sp³-hybridized carbons (Fsp3) is 0.550. The molecule has 3 unspecified atom stereocenters. The summed E-state index contributed by atoms with van der Waals surface area (Å²) in [5.74, 6) is 0.0708. The highest BCUT2D eigenvalue weighted by atomic mass is 19.1. The molecule has 0 radical (unpaired) electrons. The van der Waals surface area contributed by atoms with E-state index in [2.05, 4.69) is 29.2 Å². The van der Waals surface area contributed by atoms with Gasteiger partial charge in [-0.2, -0.15) is 5.10 Å². The van der Waals surface area contributed by atoms with Gasteiger partial charge in [0.1, 0.15) is 17.6 Å². The third-order valence-electron chi connectivity index (χ3n) is 5.25. The Morgan fingerprint density at radius 3 is 2.46 bits per heavy atom. The van der Waals surface area contributed by atoms with Gasteiger partial charge >= 0.3 is 0 Å². The molecule has 1 fully saturated rings. The normalized spacial score (nSPS) is 25.5. The van der Waals surface area contributed by atoms with E-state index in [0.717, 1.165) is 19.6 Å². The second-order valence-corrected chi connectivity index (χ2v) is 7.95. The van der Waals surface area contributed by atoms with Crippen molar-refractivity contribution in [3.05, 3.63) is 30.1 Å². The molecule has 2 aliphatic heterocycles. The summed E-state index contributed by atoms with van der Waals surface area (Å²) >= 11 is 0. The van der Waals surface area contributed by atoms with E-state index in [-0.39, 0.29) is 23.9 Å². The lowest BCUT2D eigenvalue weighted by Gasteiger charge is -2.34. The summed E-state index contributed by atoms with van der Waals surface area (Å²) in [6.45, 7) is 7.90. The van der Waals surface area contributed by atoms with Crippen LogP contribution in [0.2, 0.25) is 0 Å². The number of hydrazone groups is 1. The van der Waals surface area contributed by atoms with E-state index in [9.17, 15) is 14.0 Å². The highest BCUT2D eigenvalue weighted by Crippen LogP contribution is 2.25. The third-order valence-corrected chi connectivity index (χ3v) is 5.25. The largest absolute Gasteiger partial charge is 0.368 e. The number of likely N-dealkylation sites (tertiary alicyclic amines) is 1. The first-order valence-corrected chi connectivity index (χ1v) is 9.75. The number of nitrogens with zero attached hydrogens (tertiary/aromatic N) is 3. The molecule has 2 heterocycles. The molecule has 0 saturated carbocycles. The lowest BCUT2D eigenvalue weighted by molar-refractivity contribution is -0.119. The molecule has 3 rings (SSSR count). The van der Waals surface area contributed by atoms with Gasteiger partial charge in [-0.3, -0.25) is 14.6 Å². The molecule has 1 saturated heterocycles. The van der Waals surface area contributed by atoms with E-state index in [1.54, 1.807) is 0 Å². The van der Waals surface area contributed by atoms with Crippen molar-refractivity contribution in [2.45, 2.75) is 32.7 Å². The zero-order valence-electron chi connectivity index (χ0n) is 16.4. The standard InChI is InChI=1S/C20H28FN5O2/c1-13-9-14(2)12-25(11-13)8-7-23-20(28)17-10-18(19(22)27)26(24-17)16-5-3-15(21)4-6-16/h3-6,13-14,18H,7-12H2,1-2H3,(H2,22,27)(H,23,28). The minimum Gasteiger partial charge on any atom is -0.368 e. The Bertz CT molecular complexity index is 741. The van der Waals surface area contributed by atoms with Gasteiger partial charge in [-0.25, -0.2) is 4.39 Å². The van der Waals surface area contributed by atoms with Gasteiger partial charge in [0.25, 0.3) is 5.91 Å². The van der Waals surface area contributed by atoms with Crippen molar-refractivity contribution in [1.82, 2.24) is 10.2 Å². The SMILES string of the molecule is CC1CC(C)CN(CCNC(=O)C2=NN(c3ccc(F)cc3)C(C(N)=O)C2)C1. The van der Waals surface area contributed by atoms with Crippen molar-refractivity contribution in [1.29, 1.82) is 0 Å². The Morgan fingerprint density at radius 1 is 1.21 bits per heavy atom. The summed E-state index contributed by atoms with van der Waals surface area (Å²) in [5, 5.41) is 8.57. The third kappa shape index (κ3) is 4.86. The van der Waals surface area contributed by atoms with Crippen molar-refractivity contribution < 1.29 is 14.0 Å². The highest BCUT2D eigenvalue weighted by Gasteiger charge is 2.35. The average molecular weight is 389 g/mol. The zero-order valence-corrected chi connectivity index (χ0v) is 16.4. The Kier molecular flexibility index (Phi) is 6.28. The predicted octanol–water partition coefficient (Wildman–Crippen LogP) is 1.34. The first kappa shape index (κ1) is 20.3. The van der Waals surface area contributed by atoms with Gasteiger partial charge in [-0.05, 0) is 42.5 Å². The number of carbonyl (C=O) groups excluding carboxylic acids is 2. The number of rotatable bonds is 6. The Balaban J connectivity index is 1.59. The smallest absolute Gasteiger partial charge is 0.267 e. The van der Waals surface area contributed by atoms with Gasteiger partial charge in [0, 0.05) is 32.6 Å². The van der Waals surface area contributed by atoms with Gasteiger partial charge in [0.05, 0.1) is 5.69 Å². The Hall–Kier alpha value is -2.48.